The number of alkyl halides is 3. The van der Waals surface area contributed by atoms with Crippen LogP contribution in [0.2, 0.25) is 0 Å². The highest BCUT2D eigenvalue weighted by Crippen LogP contribution is 2.31. The molecule has 1 aliphatic rings. The number of anilines is 1. The van der Waals surface area contributed by atoms with Crippen molar-refractivity contribution in [2.75, 3.05) is 18.8 Å². The molecule has 17 heavy (non-hydrogen) atoms. The van der Waals surface area contributed by atoms with Gasteiger partial charge in [0.15, 0.2) is 0 Å². The Morgan fingerprint density at radius 3 is 2.71 bits per heavy atom. The van der Waals surface area contributed by atoms with E-state index in [0.717, 1.165) is 25.5 Å². The van der Waals surface area contributed by atoms with Crippen molar-refractivity contribution in [1.82, 2.24) is 15.3 Å². The predicted octanol–water partition coefficient (Wildman–Crippen LogP) is 1.54. The molecular weight excluding hydrogens is 233 g/mol. The van der Waals surface area contributed by atoms with Gasteiger partial charge in [-0.1, -0.05) is 0 Å². The lowest BCUT2D eigenvalue weighted by atomic mass is 9.95. The molecule has 2 heterocycles. The third kappa shape index (κ3) is 2.85. The second kappa shape index (κ2) is 4.48. The number of rotatable bonds is 1. The second-order valence-electron chi connectivity index (χ2n) is 4.08. The summed E-state index contributed by atoms with van der Waals surface area (Å²) in [5.41, 5.74) is 4.73. The summed E-state index contributed by atoms with van der Waals surface area (Å²) in [6.45, 7) is 1.52. The standard InChI is InChI=1S/C10H13F3N4/c11-10(12,13)8-4-7(16-9(14)17-8)6-2-1-3-15-5-6/h4,6,15H,1-3,5H2,(H2,14,16,17)/t6-/m1/s1. The Hall–Kier alpha value is -1.37. The van der Waals surface area contributed by atoms with E-state index in [-0.39, 0.29) is 11.9 Å². The van der Waals surface area contributed by atoms with Crippen LogP contribution in [0.15, 0.2) is 6.07 Å². The van der Waals surface area contributed by atoms with Gasteiger partial charge in [0.05, 0.1) is 5.69 Å². The quantitative estimate of drug-likeness (QED) is 0.789. The van der Waals surface area contributed by atoms with Crippen molar-refractivity contribution >= 4 is 5.95 Å². The Kier molecular flexibility index (Phi) is 3.19. The molecule has 2 rings (SSSR count). The third-order valence-corrected chi connectivity index (χ3v) is 2.77. The average Bonchev–Trinajstić information content (AvgIpc) is 2.28. The van der Waals surface area contributed by atoms with E-state index >= 15 is 0 Å². The number of hydrogen-bond donors (Lipinski definition) is 2. The molecule has 1 atom stereocenters. The van der Waals surface area contributed by atoms with Crippen molar-refractivity contribution in [2.45, 2.75) is 24.9 Å². The summed E-state index contributed by atoms with van der Waals surface area (Å²) in [6.07, 6.45) is -2.73. The summed E-state index contributed by atoms with van der Waals surface area (Å²) in [6, 6.07) is 0.994. The maximum absolute atomic E-state index is 12.6. The van der Waals surface area contributed by atoms with Crippen LogP contribution in [0.1, 0.15) is 30.1 Å². The van der Waals surface area contributed by atoms with Crippen LogP contribution in [-0.2, 0) is 6.18 Å². The van der Waals surface area contributed by atoms with Gasteiger partial charge in [-0.25, -0.2) is 9.97 Å². The highest BCUT2D eigenvalue weighted by Gasteiger charge is 2.34. The van der Waals surface area contributed by atoms with Gasteiger partial charge in [0.2, 0.25) is 5.95 Å². The molecule has 0 aromatic carbocycles. The van der Waals surface area contributed by atoms with Crippen LogP contribution in [0.5, 0.6) is 0 Å². The van der Waals surface area contributed by atoms with Gasteiger partial charge in [-0.05, 0) is 25.5 Å². The fourth-order valence-corrected chi connectivity index (χ4v) is 1.94. The number of nitrogens with one attached hydrogen (secondary N) is 1. The number of nitrogens with two attached hydrogens (primary N) is 1. The average molecular weight is 246 g/mol. The molecule has 0 amide bonds. The fourth-order valence-electron chi connectivity index (χ4n) is 1.94. The van der Waals surface area contributed by atoms with Crippen molar-refractivity contribution in [3.8, 4) is 0 Å². The zero-order valence-corrected chi connectivity index (χ0v) is 9.09. The van der Waals surface area contributed by atoms with Gasteiger partial charge in [-0.2, -0.15) is 13.2 Å². The first kappa shape index (κ1) is 12.1. The number of hydrogen-bond acceptors (Lipinski definition) is 4. The van der Waals surface area contributed by atoms with Gasteiger partial charge < -0.3 is 11.1 Å². The maximum Gasteiger partial charge on any atom is 0.433 e. The lowest BCUT2D eigenvalue weighted by Crippen LogP contribution is -2.29. The fraction of sp³-hybridized carbons (Fsp3) is 0.600. The van der Waals surface area contributed by atoms with Crippen LogP contribution >= 0.6 is 0 Å². The zero-order valence-electron chi connectivity index (χ0n) is 9.09. The van der Waals surface area contributed by atoms with Crippen molar-refractivity contribution in [3.05, 3.63) is 17.5 Å². The van der Waals surface area contributed by atoms with Crippen LogP contribution in [-0.4, -0.2) is 23.1 Å². The SMILES string of the molecule is Nc1nc([C@@H]2CCCNC2)cc(C(F)(F)F)n1. The smallest absolute Gasteiger partial charge is 0.368 e. The Labute approximate surface area is 96.4 Å². The summed E-state index contributed by atoms with van der Waals surface area (Å²) >= 11 is 0. The van der Waals surface area contributed by atoms with Crippen molar-refractivity contribution in [3.63, 3.8) is 0 Å². The number of aromatic nitrogens is 2. The monoisotopic (exact) mass is 246 g/mol. The molecule has 1 aromatic heterocycles. The summed E-state index contributed by atoms with van der Waals surface area (Å²) in [7, 11) is 0. The zero-order chi connectivity index (χ0) is 12.5. The van der Waals surface area contributed by atoms with E-state index in [1.54, 1.807) is 0 Å². The molecule has 0 radical (unpaired) electrons. The highest BCUT2D eigenvalue weighted by molar-refractivity contribution is 5.26. The normalized spacial score (nSPS) is 21.5. The van der Waals surface area contributed by atoms with Crippen molar-refractivity contribution < 1.29 is 13.2 Å². The molecule has 0 unspecified atom stereocenters. The molecule has 1 aliphatic heterocycles. The lowest BCUT2D eigenvalue weighted by Gasteiger charge is -2.22. The van der Waals surface area contributed by atoms with E-state index in [4.69, 9.17) is 5.73 Å². The molecule has 0 spiro atoms. The molecule has 1 aromatic rings. The second-order valence-corrected chi connectivity index (χ2v) is 4.08. The minimum absolute atomic E-state index is 0.0184. The molecule has 0 bridgehead atoms. The number of piperidine rings is 1. The first-order chi connectivity index (χ1) is 7.97. The summed E-state index contributed by atoms with van der Waals surface area (Å²) < 4.78 is 37.7. The van der Waals surface area contributed by atoms with Gasteiger partial charge in [0.1, 0.15) is 5.69 Å². The van der Waals surface area contributed by atoms with E-state index in [0.29, 0.717) is 12.2 Å². The van der Waals surface area contributed by atoms with Gasteiger partial charge >= 0.3 is 6.18 Å². The van der Waals surface area contributed by atoms with Crippen LogP contribution in [0.3, 0.4) is 0 Å². The van der Waals surface area contributed by atoms with E-state index in [9.17, 15) is 13.2 Å². The van der Waals surface area contributed by atoms with Crippen LogP contribution in [0.25, 0.3) is 0 Å². The molecule has 94 valence electrons. The van der Waals surface area contributed by atoms with Gasteiger partial charge in [0, 0.05) is 12.5 Å². The summed E-state index contributed by atoms with van der Waals surface area (Å²) in [5.74, 6) is -0.337. The minimum Gasteiger partial charge on any atom is -0.368 e. The first-order valence-corrected chi connectivity index (χ1v) is 5.39. The Morgan fingerprint density at radius 2 is 2.12 bits per heavy atom. The molecule has 3 N–H and O–H groups in total. The van der Waals surface area contributed by atoms with Crippen molar-refractivity contribution in [2.24, 2.45) is 0 Å². The van der Waals surface area contributed by atoms with Crippen LogP contribution in [0, 0.1) is 0 Å². The first-order valence-electron chi connectivity index (χ1n) is 5.39. The topological polar surface area (TPSA) is 63.8 Å². The van der Waals surface area contributed by atoms with Gasteiger partial charge in [-0.15, -0.1) is 0 Å². The summed E-state index contributed by atoms with van der Waals surface area (Å²) in [5, 5.41) is 3.13. The summed E-state index contributed by atoms with van der Waals surface area (Å²) in [4.78, 5) is 7.12. The van der Waals surface area contributed by atoms with E-state index in [1.165, 1.54) is 0 Å². The highest BCUT2D eigenvalue weighted by atomic mass is 19.4. The van der Waals surface area contributed by atoms with E-state index in [2.05, 4.69) is 15.3 Å². The number of nitrogens with zero attached hydrogens (tertiary/aromatic N) is 2. The third-order valence-electron chi connectivity index (χ3n) is 2.77. The molecule has 1 saturated heterocycles. The largest absolute Gasteiger partial charge is 0.433 e. The van der Waals surface area contributed by atoms with Gasteiger partial charge in [0.25, 0.3) is 0 Å². The lowest BCUT2D eigenvalue weighted by molar-refractivity contribution is -0.141. The molecule has 1 fully saturated rings. The predicted molar refractivity (Wildman–Crippen MR) is 56.3 cm³/mol. The van der Waals surface area contributed by atoms with Crippen LogP contribution in [0.4, 0.5) is 19.1 Å². The van der Waals surface area contributed by atoms with Gasteiger partial charge in [-0.3, -0.25) is 0 Å². The van der Waals surface area contributed by atoms with Crippen molar-refractivity contribution in [1.29, 1.82) is 0 Å². The molecule has 0 saturated carbocycles. The number of nitrogen functional groups attached to an aromatic ring is 1. The Balaban J connectivity index is 2.31. The Bertz CT molecular complexity index is 399. The minimum atomic E-state index is -4.48. The molecule has 4 nitrogen and oxygen atoms in total. The number of halogens is 3. The maximum atomic E-state index is 12.6. The Morgan fingerprint density at radius 1 is 1.35 bits per heavy atom. The van der Waals surface area contributed by atoms with Crippen LogP contribution < -0.4 is 11.1 Å². The molecule has 0 aliphatic carbocycles. The molecule has 7 heteroatoms. The van der Waals surface area contributed by atoms with E-state index < -0.39 is 11.9 Å². The molecular formula is C10H13F3N4. The van der Waals surface area contributed by atoms with E-state index in [1.807, 2.05) is 0 Å².